The summed E-state index contributed by atoms with van der Waals surface area (Å²) in [6, 6.07) is 10.4. The van der Waals surface area contributed by atoms with E-state index in [1.165, 1.54) is 51.0 Å². The van der Waals surface area contributed by atoms with Gasteiger partial charge in [0.25, 0.3) is 0 Å². The molecule has 5 rings (SSSR count). The largest absolute Gasteiger partial charge is 0.465 e. The highest BCUT2D eigenvalue weighted by atomic mass is 16.5. The number of hydrogen-bond donors (Lipinski definition) is 1. The van der Waals surface area contributed by atoms with E-state index in [1.54, 1.807) is 6.07 Å². The van der Waals surface area contributed by atoms with Crippen molar-refractivity contribution >= 4 is 34.5 Å². The third-order valence-corrected chi connectivity index (χ3v) is 6.73. The van der Waals surface area contributed by atoms with Gasteiger partial charge in [0, 0.05) is 25.0 Å². The van der Waals surface area contributed by atoms with E-state index < -0.39 is 5.97 Å². The number of rotatable bonds is 5. The minimum Gasteiger partial charge on any atom is -0.465 e. The van der Waals surface area contributed by atoms with Crippen molar-refractivity contribution in [3.8, 4) is 0 Å². The quantitative estimate of drug-likeness (QED) is 0.541. The first-order valence-corrected chi connectivity index (χ1v) is 12.1. The predicted octanol–water partition coefficient (Wildman–Crippen LogP) is 4.83. The Labute approximate surface area is 199 Å². The molecule has 0 radical (unpaired) electrons. The second-order valence-corrected chi connectivity index (χ2v) is 9.17. The van der Waals surface area contributed by atoms with Gasteiger partial charge in [-0.3, -0.25) is 0 Å². The van der Waals surface area contributed by atoms with Gasteiger partial charge in [0.05, 0.1) is 30.8 Å². The van der Waals surface area contributed by atoms with E-state index in [-0.39, 0.29) is 6.10 Å². The zero-order valence-electron chi connectivity index (χ0n) is 19.8. The first-order chi connectivity index (χ1) is 16.6. The number of methoxy groups -OCH3 is 1. The number of benzene rings is 1. The van der Waals surface area contributed by atoms with Crippen molar-refractivity contribution < 1.29 is 14.3 Å². The highest BCUT2D eigenvalue weighted by Gasteiger charge is 2.22. The standard InChI is InChI=1S/C26H31N5O3/c1-17-16-31(12-13-34-17)26-29-23-22(14-20(15-27-23)25(32)33-2)24(30-26)28-21-10-8-19(9-11-21)18-6-4-3-5-7-18/h8-11,14-15,17-18H,3-7,12-13,16H2,1-2H3,(H,27,28,29,30)/t17-/m1/s1. The third-order valence-electron chi connectivity index (χ3n) is 6.73. The Balaban J connectivity index is 1.49. The molecule has 1 saturated heterocycles. The fraction of sp³-hybridized carbons (Fsp3) is 0.462. The zero-order chi connectivity index (χ0) is 23.5. The molecule has 2 fully saturated rings. The van der Waals surface area contributed by atoms with E-state index in [4.69, 9.17) is 19.4 Å². The average Bonchev–Trinajstić information content (AvgIpc) is 2.89. The van der Waals surface area contributed by atoms with Crippen molar-refractivity contribution in [2.75, 3.05) is 37.0 Å². The summed E-state index contributed by atoms with van der Waals surface area (Å²) in [6.07, 6.45) is 8.12. The number of ether oxygens (including phenoxy) is 2. The number of carbonyl (C=O) groups is 1. The smallest absolute Gasteiger partial charge is 0.339 e. The van der Waals surface area contributed by atoms with Gasteiger partial charge in [-0.2, -0.15) is 9.97 Å². The molecular weight excluding hydrogens is 430 g/mol. The monoisotopic (exact) mass is 461 g/mol. The molecule has 1 N–H and O–H groups in total. The highest BCUT2D eigenvalue weighted by Crippen LogP contribution is 2.34. The minimum atomic E-state index is -0.441. The lowest BCUT2D eigenvalue weighted by atomic mass is 9.84. The highest BCUT2D eigenvalue weighted by molar-refractivity contribution is 5.97. The Bertz CT molecular complexity index is 1160. The van der Waals surface area contributed by atoms with Gasteiger partial charge in [0.1, 0.15) is 5.82 Å². The van der Waals surface area contributed by atoms with Crippen LogP contribution in [0.4, 0.5) is 17.5 Å². The summed E-state index contributed by atoms with van der Waals surface area (Å²) in [5.41, 5.74) is 3.22. The van der Waals surface area contributed by atoms with Gasteiger partial charge in [-0.1, -0.05) is 31.4 Å². The Morgan fingerprint density at radius 1 is 1.15 bits per heavy atom. The number of pyridine rings is 1. The molecule has 1 atom stereocenters. The summed E-state index contributed by atoms with van der Waals surface area (Å²) in [5.74, 6) is 1.43. The molecule has 2 aromatic heterocycles. The molecule has 1 aliphatic carbocycles. The molecule has 0 bridgehead atoms. The Kier molecular flexibility index (Phi) is 6.58. The van der Waals surface area contributed by atoms with Gasteiger partial charge in [-0.05, 0) is 49.4 Å². The van der Waals surface area contributed by atoms with E-state index in [0.29, 0.717) is 54.0 Å². The van der Waals surface area contributed by atoms with Crippen molar-refractivity contribution in [3.63, 3.8) is 0 Å². The minimum absolute atomic E-state index is 0.103. The van der Waals surface area contributed by atoms with Crippen LogP contribution < -0.4 is 10.2 Å². The van der Waals surface area contributed by atoms with Crippen LogP contribution in [0.3, 0.4) is 0 Å². The summed E-state index contributed by atoms with van der Waals surface area (Å²) >= 11 is 0. The van der Waals surface area contributed by atoms with Gasteiger partial charge < -0.3 is 19.7 Å². The number of morpholine rings is 1. The van der Waals surface area contributed by atoms with Gasteiger partial charge in [0.15, 0.2) is 5.65 Å². The van der Waals surface area contributed by atoms with Crippen LogP contribution in [-0.2, 0) is 9.47 Å². The lowest BCUT2D eigenvalue weighted by Crippen LogP contribution is -2.42. The molecule has 0 unspecified atom stereocenters. The molecule has 8 heteroatoms. The molecule has 1 aromatic carbocycles. The number of fused-ring (bicyclic) bond motifs is 1. The second kappa shape index (κ2) is 9.93. The number of anilines is 3. The molecule has 8 nitrogen and oxygen atoms in total. The molecule has 2 aliphatic rings. The van der Waals surface area contributed by atoms with E-state index in [9.17, 15) is 4.79 Å². The third kappa shape index (κ3) is 4.82. The van der Waals surface area contributed by atoms with Crippen LogP contribution in [0.1, 0.15) is 60.9 Å². The molecule has 1 aliphatic heterocycles. The van der Waals surface area contributed by atoms with Crippen molar-refractivity contribution in [2.24, 2.45) is 0 Å². The summed E-state index contributed by atoms with van der Waals surface area (Å²) in [6.45, 7) is 4.09. The fourth-order valence-electron chi connectivity index (χ4n) is 4.88. The van der Waals surface area contributed by atoms with Crippen LogP contribution >= 0.6 is 0 Å². The maximum atomic E-state index is 12.1. The summed E-state index contributed by atoms with van der Waals surface area (Å²) in [5, 5.41) is 4.12. The number of nitrogens with one attached hydrogen (secondary N) is 1. The van der Waals surface area contributed by atoms with Crippen LogP contribution in [0.15, 0.2) is 36.5 Å². The van der Waals surface area contributed by atoms with Crippen molar-refractivity contribution in [1.29, 1.82) is 0 Å². The molecule has 3 aromatic rings. The maximum Gasteiger partial charge on any atom is 0.339 e. The van der Waals surface area contributed by atoms with E-state index in [0.717, 1.165) is 5.69 Å². The van der Waals surface area contributed by atoms with Crippen LogP contribution in [0.5, 0.6) is 0 Å². The Morgan fingerprint density at radius 3 is 2.68 bits per heavy atom. The number of carbonyl (C=O) groups excluding carboxylic acids is 1. The Morgan fingerprint density at radius 2 is 1.94 bits per heavy atom. The van der Waals surface area contributed by atoms with Crippen LogP contribution in [0.25, 0.3) is 11.0 Å². The summed E-state index contributed by atoms with van der Waals surface area (Å²) < 4.78 is 10.6. The molecule has 1 saturated carbocycles. The summed E-state index contributed by atoms with van der Waals surface area (Å²) in [4.78, 5) is 28.2. The number of aromatic nitrogens is 3. The van der Waals surface area contributed by atoms with Gasteiger partial charge >= 0.3 is 5.97 Å². The zero-order valence-corrected chi connectivity index (χ0v) is 19.8. The topological polar surface area (TPSA) is 89.5 Å². The fourth-order valence-corrected chi connectivity index (χ4v) is 4.88. The lowest BCUT2D eigenvalue weighted by molar-refractivity contribution is 0.0526. The lowest BCUT2D eigenvalue weighted by Gasteiger charge is -2.31. The van der Waals surface area contributed by atoms with Crippen molar-refractivity contribution in [2.45, 2.75) is 51.0 Å². The van der Waals surface area contributed by atoms with E-state index in [2.05, 4.69) is 39.5 Å². The maximum absolute atomic E-state index is 12.1. The van der Waals surface area contributed by atoms with Crippen LogP contribution in [-0.4, -0.2) is 53.8 Å². The average molecular weight is 462 g/mol. The van der Waals surface area contributed by atoms with Crippen LogP contribution in [0.2, 0.25) is 0 Å². The molecule has 0 spiro atoms. The molecule has 0 amide bonds. The van der Waals surface area contributed by atoms with Gasteiger partial charge in [-0.15, -0.1) is 0 Å². The normalized spacial score (nSPS) is 19.2. The number of nitrogens with zero attached hydrogens (tertiary/aromatic N) is 4. The van der Waals surface area contributed by atoms with E-state index in [1.807, 2.05) is 6.92 Å². The first-order valence-electron chi connectivity index (χ1n) is 12.1. The second-order valence-electron chi connectivity index (χ2n) is 9.17. The molecule has 34 heavy (non-hydrogen) atoms. The Hall–Kier alpha value is -3.26. The molecule has 3 heterocycles. The van der Waals surface area contributed by atoms with Gasteiger partial charge in [-0.25, -0.2) is 9.78 Å². The first kappa shape index (κ1) is 22.5. The van der Waals surface area contributed by atoms with Gasteiger partial charge in [0.2, 0.25) is 5.95 Å². The summed E-state index contributed by atoms with van der Waals surface area (Å²) in [7, 11) is 1.36. The van der Waals surface area contributed by atoms with E-state index >= 15 is 0 Å². The van der Waals surface area contributed by atoms with Crippen molar-refractivity contribution in [1.82, 2.24) is 15.0 Å². The SMILES string of the molecule is COC(=O)c1cnc2nc(N3CCO[C@H](C)C3)nc(Nc3ccc(C4CCCCC4)cc3)c2c1. The number of hydrogen-bond acceptors (Lipinski definition) is 8. The predicted molar refractivity (Wildman–Crippen MR) is 132 cm³/mol. The number of esters is 1. The molecular formula is C26H31N5O3. The van der Waals surface area contributed by atoms with Crippen LogP contribution in [0, 0.1) is 0 Å². The molecule has 178 valence electrons. The van der Waals surface area contributed by atoms with Crippen molar-refractivity contribution in [3.05, 3.63) is 47.7 Å².